The fraction of sp³-hybridized carbons (Fsp3) is 0.357. The molecule has 0 spiro atoms. The zero-order chi connectivity index (χ0) is 20.5. The van der Waals surface area contributed by atoms with Crippen LogP contribution in [0.2, 0.25) is 0 Å². The molecule has 1 saturated carbocycles. The Balaban J connectivity index is 1.42. The highest BCUT2D eigenvalue weighted by Gasteiger charge is 2.45. The molecule has 2 bridgehead atoms. The van der Waals surface area contributed by atoms with Crippen LogP contribution in [0.3, 0.4) is 0 Å². The molecular formula is C28H31NO. The van der Waals surface area contributed by atoms with Crippen LogP contribution in [-0.4, -0.2) is 25.6 Å². The van der Waals surface area contributed by atoms with Gasteiger partial charge >= 0.3 is 0 Å². The highest BCUT2D eigenvalue weighted by molar-refractivity contribution is 5.44. The van der Waals surface area contributed by atoms with Gasteiger partial charge in [-0.05, 0) is 77.9 Å². The summed E-state index contributed by atoms with van der Waals surface area (Å²) in [7, 11) is 4.02. The van der Waals surface area contributed by atoms with Crippen LogP contribution < -0.4 is 4.74 Å². The number of hydrogen-bond donors (Lipinski definition) is 0. The van der Waals surface area contributed by atoms with E-state index in [0.717, 1.165) is 18.8 Å². The zero-order valence-electron chi connectivity index (χ0n) is 18.0. The van der Waals surface area contributed by atoms with Gasteiger partial charge in [0.05, 0.1) is 7.11 Å². The van der Waals surface area contributed by atoms with Crippen LogP contribution in [0.25, 0.3) is 0 Å². The molecule has 0 unspecified atom stereocenters. The van der Waals surface area contributed by atoms with Gasteiger partial charge in [-0.15, -0.1) is 0 Å². The van der Waals surface area contributed by atoms with Gasteiger partial charge in [0.2, 0.25) is 0 Å². The minimum atomic E-state index is 0.595. The van der Waals surface area contributed by atoms with Gasteiger partial charge in [0.1, 0.15) is 5.75 Å². The van der Waals surface area contributed by atoms with Crippen molar-refractivity contribution in [1.29, 1.82) is 0 Å². The summed E-state index contributed by atoms with van der Waals surface area (Å²) in [6, 6.07) is 28.9. The Labute approximate surface area is 180 Å². The van der Waals surface area contributed by atoms with Gasteiger partial charge in [0.15, 0.2) is 0 Å². The standard InChI is InChI=1S/C28H31NO/c1-29(18-20-8-4-3-5-9-20)19-23-16-22-17-27(21-12-14-24(30-2)15-13-21)28(23)26-11-7-6-10-25(22)26/h3-15,22-23,27-28H,16-19H2,1-2H3/t22-,23-,27+,28+/m0/s1. The predicted octanol–water partition coefficient (Wildman–Crippen LogP) is 6.20. The number of fused-ring (bicyclic) bond motifs is 2. The third kappa shape index (κ3) is 3.65. The van der Waals surface area contributed by atoms with Crippen LogP contribution in [0, 0.1) is 5.92 Å². The molecule has 154 valence electrons. The van der Waals surface area contributed by atoms with Gasteiger partial charge in [-0.3, -0.25) is 0 Å². The number of methoxy groups -OCH3 is 1. The molecule has 3 aromatic carbocycles. The van der Waals surface area contributed by atoms with Crippen molar-refractivity contribution in [2.45, 2.75) is 37.1 Å². The normalized spacial score (nSPS) is 24.6. The van der Waals surface area contributed by atoms with Crippen molar-refractivity contribution in [3.8, 4) is 5.75 Å². The van der Waals surface area contributed by atoms with Crippen LogP contribution in [-0.2, 0) is 6.54 Å². The lowest BCUT2D eigenvalue weighted by Crippen LogP contribution is -2.40. The topological polar surface area (TPSA) is 12.5 Å². The molecule has 30 heavy (non-hydrogen) atoms. The Morgan fingerprint density at radius 3 is 2.27 bits per heavy atom. The molecule has 0 heterocycles. The maximum atomic E-state index is 5.40. The molecule has 2 nitrogen and oxygen atoms in total. The van der Waals surface area contributed by atoms with Crippen molar-refractivity contribution in [3.05, 3.63) is 101 Å². The summed E-state index contributed by atoms with van der Waals surface area (Å²) in [6.45, 7) is 2.17. The maximum absolute atomic E-state index is 5.40. The molecular weight excluding hydrogens is 366 g/mol. The highest BCUT2D eigenvalue weighted by atomic mass is 16.5. The van der Waals surface area contributed by atoms with E-state index in [-0.39, 0.29) is 0 Å². The second-order valence-electron chi connectivity index (χ2n) is 9.15. The second-order valence-corrected chi connectivity index (χ2v) is 9.15. The summed E-state index contributed by atoms with van der Waals surface area (Å²) in [6.07, 6.45) is 2.58. The Kier molecular flexibility index (Phi) is 5.35. The van der Waals surface area contributed by atoms with Crippen molar-refractivity contribution in [3.63, 3.8) is 0 Å². The van der Waals surface area contributed by atoms with E-state index in [9.17, 15) is 0 Å². The molecule has 0 aromatic heterocycles. The van der Waals surface area contributed by atoms with Gasteiger partial charge in [0.25, 0.3) is 0 Å². The van der Waals surface area contributed by atoms with E-state index < -0.39 is 0 Å². The molecule has 3 aliphatic rings. The smallest absolute Gasteiger partial charge is 0.118 e. The van der Waals surface area contributed by atoms with E-state index in [1.807, 2.05) is 0 Å². The average Bonchev–Trinajstić information content (AvgIpc) is 2.80. The van der Waals surface area contributed by atoms with Crippen LogP contribution >= 0.6 is 0 Å². The summed E-state index contributed by atoms with van der Waals surface area (Å²) >= 11 is 0. The summed E-state index contributed by atoms with van der Waals surface area (Å²) in [4.78, 5) is 2.52. The van der Waals surface area contributed by atoms with Crippen LogP contribution in [0.4, 0.5) is 0 Å². The molecule has 3 aliphatic carbocycles. The molecule has 4 atom stereocenters. The number of rotatable bonds is 6. The SMILES string of the molecule is COc1ccc([C@H]2C[C@@H]3C[C@@H](CN(C)Cc4ccccc4)[C@@H]2c2ccccc23)cc1. The largest absolute Gasteiger partial charge is 0.497 e. The van der Waals surface area contributed by atoms with Gasteiger partial charge < -0.3 is 9.64 Å². The number of benzene rings is 3. The first kappa shape index (κ1) is 19.4. The van der Waals surface area contributed by atoms with Gasteiger partial charge in [0, 0.05) is 13.1 Å². The predicted molar refractivity (Wildman–Crippen MR) is 123 cm³/mol. The molecule has 6 rings (SSSR count). The Hall–Kier alpha value is -2.58. The van der Waals surface area contributed by atoms with Crippen molar-refractivity contribution in [2.75, 3.05) is 20.7 Å². The van der Waals surface area contributed by atoms with Crippen molar-refractivity contribution < 1.29 is 4.74 Å². The molecule has 2 heteroatoms. The van der Waals surface area contributed by atoms with E-state index in [0.29, 0.717) is 23.7 Å². The summed E-state index contributed by atoms with van der Waals surface area (Å²) in [5.74, 6) is 3.50. The lowest BCUT2D eigenvalue weighted by atomic mass is 9.55. The van der Waals surface area contributed by atoms with Gasteiger partial charge in [-0.25, -0.2) is 0 Å². The fourth-order valence-electron chi connectivity index (χ4n) is 6.04. The van der Waals surface area contributed by atoms with E-state index in [1.165, 1.54) is 24.0 Å². The highest BCUT2D eigenvalue weighted by Crippen LogP contribution is 2.58. The van der Waals surface area contributed by atoms with Crippen molar-refractivity contribution in [2.24, 2.45) is 5.92 Å². The summed E-state index contributed by atoms with van der Waals surface area (Å²) in [5, 5.41) is 0. The second kappa shape index (κ2) is 8.28. The Morgan fingerprint density at radius 1 is 0.833 bits per heavy atom. The van der Waals surface area contributed by atoms with E-state index >= 15 is 0 Å². The summed E-state index contributed by atoms with van der Waals surface area (Å²) < 4.78 is 5.40. The third-order valence-electron chi connectivity index (χ3n) is 7.25. The number of nitrogens with zero attached hydrogens (tertiary/aromatic N) is 1. The number of hydrogen-bond acceptors (Lipinski definition) is 2. The molecule has 0 aliphatic heterocycles. The van der Waals surface area contributed by atoms with Crippen LogP contribution in [0.5, 0.6) is 5.75 Å². The first-order chi connectivity index (χ1) is 14.7. The molecule has 0 saturated heterocycles. The minimum Gasteiger partial charge on any atom is -0.497 e. The first-order valence-electron chi connectivity index (χ1n) is 11.2. The van der Waals surface area contributed by atoms with E-state index in [4.69, 9.17) is 4.74 Å². The molecule has 3 aromatic rings. The zero-order valence-corrected chi connectivity index (χ0v) is 18.0. The van der Waals surface area contributed by atoms with E-state index in [2.05, 4.69) is 90.8 Å². The van der Waals surface area contributed by atoms with E-state index in [1.54, 1.807) is 18.2 Å². The first-order valence-corrected chi connectivity index (χ1v) is 11.2. The van der Waals surface area contributed by atoms with Gasteiger partial charge in [-0.2, -0.15) is 0 Å². The average molecular weight is 398 g/mol. The minimum absolute atomic E-state index is 0.595. The molecule has 0 amide bonds. The van der Waals surface area contributed by atoms with Crippen LogP contribution in [0.1, 0.15) is 52.8 Å². The quantitative estimate of drug-likeness (QED) is 0.491. The molecule has 0 radical (unpaired) electrons. The van der Waals surface area contributed by atoms with Gasteiger partial charge in [-0.1, -0.05) is 66.7 Å². The summed E-state index contributed by atoms with van der Waals surface area (Å²) in [5.41, 5.74) is 6.07. The fourth-order valence-corrected chi connectivity index (χ4v) is 6.04. The molecule has 0 N–H and O–H groups in total. The van der Waals surface area contributed by atoms with Crippen molar-refractivity contribution >= 4 is 0 Å². The third-order valence-corrected chi connectivity index (χ3v) is 7.25. The lowest BCUT2D eigenvalue weighted by molar-refractivity contribution is 0.159. The number of ether oxygens (including phenoxy) is 1. The monoisotopic (exact) mass is 397 g/mol. The Bertz CT molecular complexity index is 981. The maximum Gasteiger partial charge on any atom is 0.118 e. The van der Waals surface area contributed by atoms with Crippen molar-refractivity contribution in [1.82, 2.24) is 4.90 Å². The molecule has 1 fully saturated rings. The lowest BCUT2D eigenvalue weighted by Gasteiger charge is -2.50. The Morgan fingerprint density at radius 2 is 1.53 bits per heavy atom. The van der Waals surface area contributed by atoms with Crippen LogP contribution in [0.15, 0.2) is 78.9 Å².